The molecule has 2 unspecified atom stereocenters. The summed E-state index contributed by atoms with van der Waals surface area (Å²) in [6, 6.07) is 2.55. The third-order valence-corrected chi connectivity index (χ3v) is 5.69. The Balaban J connectivity index is 2.45. The monoisotopic (exact) mass is 347 g/mol. The number of halogens is 1. The van der Waals surface area contributed by atoms with Crippen LogP contribution in [0.1, 0.15) is 29.3 Å². The van der Waals surface area contributed by atoms with Crippen molar-refractivity contribution in [3.63, 3.8) is 0 Å². The molecule has 1 saturated carbocycles. The average molecular weight is 348 g/mol. The molecular formula is C12H14BrNO4S. The van der Waals surface area contributed by atoms with E-state index in [1.165, 1.54) is 12.1 Å². The summed E-state index contributed by atoms with van der Waals surface area (Å²) in [5, 5.41) is 8.99. The van der Waals surface area contributed by atoms with Gasteiger partial charge < -0.3 is 5.11 Å². The predicted octanol–water partition coefficient (Wildman–Crippen LogP) is 2.14. The summed E-state index contributed by atoms with van der Waals surface area (Å²) in [6.45, 7) is 3.60. The number of hydrogen-bond donors (Lipinski definition) is 2. The van der Waals surface area contributed by atoms with Crippen LogP contribution in [0, 0.1) is 12.8 Å². The second-order valence-electron chi connectivity index (χ2n) is 4.83. The van der Waals surface area contributed by atoms with Crippen LogP contribution in [0.3, 0.4) is 0 Å². The van der Waals surface area contributed by atoms with E-state index in [0.717, 1.165) is 6.42 Å². The van der Waals surface area contributed by atoms with Gasteiger partial charge in [0.05, 0.1) is 10.5 Å². The highest BCUT2D eigenvalue weighted by atomic mass is 79.9. The first kappa shape index (κ1) is 14.5. The number of hydrogen-bond acceptors (Lipinski definition) is 3. The number of rotatable bonds is 4. The van der Waals surface area contributed by atoms with Crippen LogP contribution in [-0.4, -0.2) is 25.5 Å². The van der Waals surface area contributed by atoms with E-state index in [2.05, 4.69) is 20.7 Å². The third-order valence-electron chi connectivity index (χ3n) is 3.25. The molecule has 7 heteroatoms. The molecule has 1 aromatic carbocycles. The lowest BCUT2D eigenvalue weighted by atomic mass is 10.1. The van der Waals surface area contributed by atoms with Gasteiger partial charge >= 0.3 is 5.97 Å². The van der Waals surface area contributed by atoms with Crippen molar-refractivity contribution in [2.45, 2.75) is 31.2 Å². The van der Waals surface area contributed by atoms with E-state index in [0.29, 0.717) is 16.0 Å². The number of benzene rings is 1. The second kappa shape index (κ2) is 4.88. The Hall–Kier alpha value is -0.920. The van der Waals surface area contributed by atoms with Gasteiger partial charge in [-0.1, -0.05) is 22.9 Å². The Kier molecular flexibility index (Phi) is 3.72. The molecule has 104 valence electrons. The Morgan fingerprint density at radius 2 is 2.05 bits per heavy atom. The van der Waals surface area contributed by atoms with Gasteiger partial charge in [0.25, 0.3) is 0 Å². The van der Waals surface area contributed by atoms with Crippen molar-refractivity contribution in [3.8, 4) is 0 Å². The Morgan fingerprint density at radius 3 is 2.53 bits per heavy atom. The van der Waals surface area contributed by atoms with E-state index >= 15 is 0 Å². The molecule has 2 atom stereocenters. The second-order valence-corrected chi connectivity index (χ2v) is 7.36. The van der Waals surface area contributed by atoms with Crippen molar-refractivity contribution in [3.05, 3.63) is 27.7 Å². The zero-order chi connectivity index (χ0) is 14.4. The molecule has 0 aromatic heterocycles. The van der Waals surface area contributed by atoms with Crippen LogP contribution in [0.5, 0.6) is 0 Å². The smallest absolute Gasteiger partial charge is 0.335 e. The van der Waals surface area contributed by atoms with Gasteiger partial charge in [-0.25, -0.2) is 17.9 Å². The molecule has 1 fully saturated rings. The maximum Gasteiger partial charge on any atom is 0.335 e. The Labute approximate surface area is 120 Å². The first-order valence-corrected chi connectivity index (χ1v) is 8.06. The first-order valence-electron chi connectivity index (χ1n) is 5.78. The van der Waals surface area contributed by atoms with Crippen molar-refractivity contribution < 1.29 is 18.3 Å². The minimum atomic E-state index is -3.68. The molecule has 1 aliphatic rings. The third kappa shape index (κ3) is 2.98. The Bertz CT molecular complexity index is 641. The lowest BCUT2D eigenvalue weighted by Crippen LogP contribution is -2.27. The average Bonchev–Trinajstić information content (AvgIpc) is 2.96. The van der Waals surface area contributed by atoms with Crippen LogP contribution >= 0.6 is 15.9 Å². The molecule has 0 aliphatic heterocycles. The van der Waals surface area contributed by atoms with Gasteiger partial charge in [0, 0.05) is 10.5 Å². The summed E-state index contributed by atoms with van der Waals surface area (Å²) in [5.41, 5.74) is 0.451. The van der Waals surface area contributed by atoms with Gasteiger partial charge in [-0.05, 0) is 37.0 Å². The highest BCUT2D eigenvalue weighted by molar-refractivity contribution is 9.10. The molecule has 0 heterocycles. The maximum atomic E-state index is 12.3. The summed E-state index contributed by atoms with van der Waals surface area (Å²) in [5.74, 6) is -0.821. The van der Waals surface area contributed by atoms with Crippen molar-refractivity contribution in [2.24, 2.45) is 5.92 Å². The van der Waals surface area contributed by atoms with Crippen LogP contribution in [0.4, 0.5) is 0 Å². The topological polar surface area (TPSA) is 83.5 Å². The van der Waals surface area contributed by atoms with E-state index in [1.54, 1.807) is 6.92 Å². The number of carboxylic acids is 1. The lowest BCUT2D eigenvalue weighted by molar-refractivity contribution is 0.0696. The quantitative estimate of drug-likeness (QED) is 0.873. The van der Waals surface area contributed by atoms with Gasteiger partial charge in [0.1, 0.15) is 0 Å². The molecule has 0 saturated heterocycles. The first-order chi connectivity index (χ1) is 8.72. The minimum Gasteiger partial charge on any atom is -0.478 e. The van der Waals surface area contributed by atoms with E-state index in [1.807, 2.05) is 6.92 Å². The van der Waals surface area contributed by atoms with Crippen LogP contribution in [0.2, 0.25) is 0 Å². The predicted molar refractivity (Wildman–Crippen MR) is 73.7 cm³/mol. The van der Waals surface area contributed by atoms with Crippen molar-refractivity contribution in [1.29, 1.82) is 0 Å². The molecule has 5 nitrogen and oxygen atoms in total. The fourth-order valence-electron chi connectivity index (χ4n) is 1.81. The van der Waals surface area contributed by atoms with Crippen LogP contribution in [0.15, 0.2) is 21.5 Å². The molecule has 2 rings (SSSR count). The number of nitrogens with one attached hydrogen (secondary N) is 1. The molecule has 0 bridgehead atoms. The number of aromatic carboxylic acids is 1. The molecule has 0 amide bonds. The number of carbonyl (C=O) groups is 1. The molecule has 1 aromatic rings. The fourth-order valence-corrected chi connectivity index (χ4v) is 4.05. The minimum absolute atomic E-state index is 0.0124. The van der Waals surface area contributed by atoms with Crippen LogP contribution in [-0.2, 0) is 10.0 Å². The molecule has 0 spiro atoms. The summed E-state index contributed by atoms with van der Waals surface area (Å²) in [4.78, 5) is 11.0. The standard InChI is InChI=1S/C12H14BrNO4S/c1-6-3-10(6)14-19(17,18)11-5-8(12(15)16)4-9(13)7(11)2/h4-6,10,14H,3H2,1-2H3,(H,15,16). The highest BCUT2D eigenvalue weighted by Crippen LogP contribution is 2.32. The highest BCUT2D eigenvalue weighted by Gasteiger charge is 2.37. The Morgan fingerprint density at radius 1 is 1.47 bits per heavy atom. The molecule has 19 heavy (non-hydrogen) atoms. The summed E-state index contributed by atoms with van der Waals surface area (Å²) in [6.07, 6.45) is 0.818. The zero-order valence-electron chi connectivity index (χ0n) is 10.5. The SMILES string of the molecule is Cc1c(Br)cc(C(=O)O)cc1S(=O)(=O)NC1CC1C. The van der Waals surface area contributed by atoms with Crippen molar-refractivity contribution in [1.82, 2.24) is 4.72 Å². The van der Waals surface area contributed by atoms with Gasteiger partial charge in [0.2, 0.25) is 10.0 Å². The van der Waals surface area contributed by atoms with Gasteiger partial charge in [-0.3, -0.25) is 0 Å². The fraction of sp³-hybridized carbons (Fsp3) is 0.417. The summed E-state index contributed by atoms with van der Waals surface area (Å²) in [7, 11) is -3.68. The summed E-state index contributed by atoms with van der Waals surface area (Å²) < 4.78 is 27.6. The van der Waals surface area contributed by atoms with Crippen molar-refractivity contribution >= 4 is 31.9 Å². The maximum absolute atomic E-state index is 12.3. The lowest BCUT2D eigenvalue weighted by Gasteiger charge is -2.11. The summed E-state index contributed by atoms with van der Waals surface area (Å²) >= 11 is 3.20. The zero-order valence-corrected chi connectivity index (χ0v) is 12.9. The van der Waals surface area contributed by atoms with Crippen LogP contribution < -0.4 is 4.72 Å². The molecule has 0 radical (unpaired) electrons. The molecule has 2 N–H and O–H groups in total. The van der Waals surface area contributed by atoms with E-state index in [9.17, 15) is 13.2 Å². The number of sulfonamides is 1. The van der Waals surface area contributed by atoms with Gasteiger partial charge in [-0.15, -0.1) is 0 Å². The van der Waals surface area contributed by atoms with E-state index in [4.69, 9.17) is 5.11 Å². The number of carboxylic acid groups (broad SMARTS) is 1. The molecule has 1 aliphatic carbocycles. The molecular weight excluding hydrogens is 334 g/mol. The normalized spacial score (nSPS) is 22.3. The van der Waals surface area contributed by atoms with Crippen LogP contribution in [0.25, 0.3) is 0 Å². The van der Waals surface area contributed by atoms with Crippen molar-refractivity contribution in [2.75, 3.05) is 0 Å². The van der Waals surface area contributed by atoms with E-state index < -0.39 is 16.0 Å². The van der Waals surface area contributed by atoms with Gasteiger partial charge in [0.15, 0.2) is 0 Å². The van der Waals surface area contributed by atoms with Gasteiger partial charge in [-0.2, -0.15) is 0 Å². The van der Waals surface area contributed by atoms with E-state index in [-0.39, 0.29) is 16.5 Å². The largest absolute Gasteiger partial charge is 0.478 e.